The number of pyridine rings is 1. The molecule has 0 bridgehead atoms. The number of rotatable bonds is 2. The maximum absolute atomic E-state index is 12.3. The first-order valence-electron chi connectivity index (χ1n) is 3.42. The lowest BCUT2D eigenvalue weighted by atomic mass is 10.2. The Kier molecular flexibility index (Phi) is 3.16. The monoisotopic (exact) mass is 252 g/mol. The van der Waals surface area contributed by atoms with Gasteiger partial charge in [0.25, 0.3) is 6.43 Å². The maximum Gasteiger partial charge on any atom is 0.267 e. The van der Waals surface area contributed by atoms with Crippen LogP contribution >= 0.6 is 15.9 Å². The first-order chi connectivity index (χ1) is 6.06. The molecule has 0 aliphatic rings. The zero-order valence-electron chi connectivity index (χ0n) is 6.47. The van der Waals surface area contributed by atoms with E-state index in [1.807, 2.05) is 0 Å². The fraction of sp³-hybridized carbons (Fsp3) is 0.286. The third kappa shape index (κ3) is 2.13. The SMILES string of the molecule is NCc1nc(Br)cc(C(F)F)c1O. The van der Waals surface area contributed by atoms with Gasteiger partial charge in [-0.1, -0.05) is 0 Å². The van der Waals surface area contributed by atoms with Crippen molar-refractivity contribution in [3.63, 3.8) is 0 Å². The fourth-order valence-corrected chi connectivity index (χ4v) is 1.35. The number of aromatic hydroxyl groups is 1. The summed E-state index contributed by atoms with van der Waals surface area (Å²) in [6.45, 7) is -0.0784. The van der Waals surface area contributed by atoms with Gasteiger partial charge in [0.15, 0.2) is 0 Å². The predicted molar refractivity (Wildman–Crippen MR) is 46.5 cm³/mol. The summed E-state index contributed by atoms with van der Waals surface area (Å²) in [5.74, 6) is -0.527. The highest BCUT2D eigenvalue weighted by atomic mass is 79.9. The zero-order chi connectivity index (χ0) is 10.0. The largest absolute Gasteiger partial charge is 0.505 e. The van der Waals surface area contributed by atoms with Crippen LogP contribution in [0.25, 0.3) is 0 Å². The lowest BCUT2D eigenvalue weighted by Gasteiger charge is -2.07. The van der Waals surface area contributed by atoms with Crippen LogP contribution in [0.4, 0.5) is 8.78 Å². The molecule has 6 heteroatoms. The highest BCUT2D eigenvalue weighted by molar-refractivity contribution is 9.10. The fourth-order valence-electron chi connectivity index (χ4n) is 0.886. The lowest BCUT2D eigenvalue weighted by Crippen LogP contribution is -2.02. The van der Waals surface area contributed by atoms with E-state index in [1.54, 1.807) is 0 Å². The molecule has 0 amide bonds. The van der Waals surface area contributed by atoms with Gasteiger partial charge in [-0.15, -0.1) is 0 Å². The standard InChI is InChI=1S/C7H7BrF2N2O/c8-5-1-3(7(9)10)6(13)4(2-11)12-5/h1,7,13H,2,11H2. The summed E-state index contributed by atoms with van der Waals surface area (Å²) in [5, 5.41) is 9.24. The number of nitrogens with zero attached hydrogens (tertiary/aromatic N) is 1. The highest BCUT2D eigenvalue weighted by Crippen LogP contribution is 2.31. The van der Waals surface area contributed by atoms with E-state index in [4.69, 9.17) is 5.73 Å². The van der Waals surface area contributed by atoms with Crippen molar-refractivity contribution in [1.82, 2.24) is 4.98 Å². The Balaban J connectivity index is 3.27. The maximum atomic E-state index is 12.3. The first kappa shape index (κ1) is 10.3. The Hall–Kier alpha value is -0.750. The number of hydrogen-bond donors (Lipinski definition) is 2. The number of nitrogens with two attached hydrogens (primary N) is 1. The van der Waals surface area contributed by atoms with Gasteiger partial charge in [-0.25, -0.2) is 13.8 Å². The van der Waals surface area contributed by atoms with Crippen molar-refractivity contribution < 1.29 is 13.9 Å². The van der Waals surface area contributed by atoms with Gasteiger partial charge in [-0.3, -0.25) is 0 Å². The van der Waals surface area contributed by atoms with Crippen LogP contribution < -0.4 is 5.73 Å². The number of aromatic nitrogens is 1. The third-order valence-corrected chi connectivity index (χ3v) is 1.90. The summed E-state index contributed by atoms with van der Waals surface area (Å²) in [6.07, 6.45) is -2.73. The van der Waals surface area contributed by atoms with E-state index in [0.717, 1.165) is 6.07 Å². The molecule has 0 aliphatic heterocycles. The molecule has 1 aromatic heterocycles. The van der Waals surface area contributed by atoms with E-state index in [1.165, 1.54) is 0 Å². The van der Waals surface area contributed by atoms with Gasteiger partial charge in [0.05, 0.1) is 11.3 Å². The molecule has 0 saturated carbocycles. The van der Waals surface area contributed by atoms with Crippen molar-refractivity contribution in [2.75, 3.05) is 0 Å². The normalized spacial score (nSPS) is 10.8. The van der Waals surface area contributed by atoms with Crippen LogP contribution in [0.5, 0.6) is 5.75 Å². The molecular formula is C7H7BrF2N2O. The van der Waals surface area contributed by atoms with Crippen molar-refractivity contribution in [2.24, 2.45) is 5.73 Å². The van der Waals surface area contributed by atoms with Crippen molar-refractivity contribution in [2.45, 2.75) is 13.0 Å². The molecule has 0 unspecified atom stereocenters. The Morgan fingerprint density at radius 2 is 2.23 bits per heavy atom. The minimum atomic E-state index is -2.73. The third-order valence-electron chi connectivity index (χ3n) is 1.49. The second-order valence-corrected chi connectivity index (χ2v) is 3.15. The molecule has 1 heterocycles. The molecule has 0 spiro atoms. The Morgan fingerprint density at radius 1 is 1.62 bits per heavy atom. The average Bonchev–Trinajstić information content (AvgIpc) is 2.08. The minimum Gasteiger partial charge on any atom is -0.505 e. The van der Waals surface area contributed by atoms with E-state index in [-0.39, 0.29) is 16.8 Å². The van der Waals surface area contributed by atoms with Crippen LogP contribution in [-0.2, 0) is 6.54 Å². The second kappa shape index (κ2) is 3.97. The molecule has 3 nitrogen and oxygen atoms in total. The van der Waals surface area contributed by atoms with Crippen LogP contribution in [-0.4, -0.2) is 10.1 Å². The van der Waals surface area contributed by atoms with Crippen molar-refractivity contribution in [3.8, 4) is 5.75 Å². The van der Waals surface area contributed by atoms with Crippen LogP contribution in [0.1, 0.15) is 17.7 Å². The molecule has 0 fully saturated rings. The van der Waals surface area contributed by atoms with Gasteiger partial charge in [0.2, 0.25) is 0 Å². The second-order valence-electron chi connectivity index (χ2n) is 2.33. The van der Waals surface area contributed by atoms with E-state index >= 15 is 0 Å². The van der Waals surface area contributed by atoms with Gasteiger partial charge in [0, 0.05) is 6.54 Å². The van der Waals surface area contributed by atoms with E-state index in [2.05, 4.69) is 20.9 Å². The smallest absolute Gasteiger partial charge is 0.267 e. The van der Waals surface area contributed by atoms with Crippen molar-refractivity contribution in [3.05, 3.63) is 21.9 Å². The average molecular weight is 253 g/mol. The Bertz CT molecular complexity index is 320. The molecular weight excluding hydrogens is 246 g/mol. The molecule has 0 aromatic carbocycles. The van der Waals surface area contributed by atoms with Gasteiger partial charge >= 0.3 is 0 Å². The summed E-state index contributed by atoms with van der Waals surface area (Å²) in [6, 6.07) is 1.07. The number of halogens is 3. The molecule has 0 radical (unpaired) electrons. The molecule has 72 valence electrons. The topological polar surface area (TPSA) is 59.1 Å². The molecule has 13 heavy (non-hydrogen) atoms. The number of alkyl halides is 2. The first-order valence-corrected chi connectivity index (χ1v) is 4.22. The Labute approximate surface area is 81.7 Å². The van der Waals surface area contributed by atoms with Crippen LogP contribution in [0, 0.1) is 0 Å². The van der Waals surface area contributed by atoms with Crippen LogP contribution in [0.15, 0.2) is 10.7 Å². The summed E-state index contributed by atoms with van der Waals surface area (Å²) in [5.41, 5.74) is 4.80. The Morgan fingerprint density at radius 3 is 2.69 bits per heavy atom. The molecule has 1 aromatic rings. The highest BCUT2D eigenvalue weighted by Gasteiger charge is 2.17. The van der Waals surface area contributed by atoms with Gasteiger partial charge in [-0.05, 0) is 22.0 Å². The molecule has 3 N–H and O–H groups in total. The quantitative estimate of drug-likeness (QED) is 0.792. The van der Waals surface area contributed by atoms with E-state index in [0.29, 0.717) is 0 Å². The van der Waals surface area contributed by atoms with Gasteiger partial charge in [0.1, 0.15) is 10.4 Å². The van der Waals surface area contributed by atoms with Gasteiger partial charge < -0.3 is 10.8 Å². The van der Waals surface area contributed by atoms with E-state index < -0.39 is 17.7 Å². The number of hydrogen-bond acceptors (Lipinski definition) is 3. The zero-order valence-corrected chi connectivity index (χ0v) is 8.05. The van der Waals surface area contributed by atoms with Crippen molar-refractivity contribution >= 4 is 15.9 Å². The molecule has 0 atom stereocenters. The summed E-state index contributed by atoms with van der Waals surface area (Å²) >= 11 is 2.95. The van der Waals surface area contributed by atoms with Crippen molar-refractivity contribution in [1.29, 1.82) is 0 Å². The van der Waals surface area contributed by atoms with E-state index in [9.17, 15) is 13.9 Å². The predicted octanol–water partition coefficient (Wildman–Crippen LogP) is 1.95. The molecule has 0 saturated heterocycles. The summed E-state index contributed by atoms with van der Waals surface area (Å²) in [4.78, 5) is 3.74. The minimum absolute atomic E-state index is 0.0599. The van der Waals surface area contributed by atoms with Crippen LogP contribution in [0.3, 0.4) is 0 Å². The lowest BCUT2D eigenvalue weighted by molar-refractivity contribution is 0.147. The molecule has 0 aliphatic carbocycles. The summed E-state index contributed by atoms with van der Waals surface area (Å²) in [7, 11) is 0. The molecule has 1 rings (SSSR count). The van der Waals surface area contributed by atoms with Gasteiger partial charge in [-0.2, -0.15) is 0 Å². The van der Waals surface area contributed by atoms with Crippen LogP contribution in [0.2, 0.25) is 0 Å². The summed E-state index contributed by atoms with van der Waals surface area (Å²) < 4.78 is 24.8.